The molecule has 3 heteroatoms. The highest BCUT2D eigenvalue weighted by molar-refractivity contribution is 4.82. The van der Waals surface area contributed by atoms with Crippen LogP contribution < -0.4 is 10.9 Å². The summed E-state index contributed by atoms with van der Waals surface area (Å²) in [5, 5.41) is 8.78. The first-order valence-corrected chi connectivity index (χ1v) is 2.93. The molecule has 0 heterocycles. The fourth-order valence-corrected chi connectivity index (χ4v) is 0.910. The summed E-state index contributed by atoms with van der Waals surface area (Å²) >= 11 is 0. The monoisotopic (exact) mass is 116 g/mol. The predicted octanol–water partition coefficient (Wildman–Crippen LogP) is -0.766. The van der Waals surface area contributed by atoms with Gasteiger partial charge in [0.05, 0.1) is 6.10 Å². The van der Waals surface area contributed by atoms with Crippen molar-refractivity contribution in [3.8, 4) is 0 Å². The van der Waals surface area contributed by atoms with Crippen molar-refractivity contribution in [2.24, 2.45) is 0 Å². The normalized spacial score (nSPS) is 36.8. The molecule has 0 aromatic rings. The van der Waals surface area contributed by atoms with Crippen molar-refractivity contribution in [3.63, 3.8) is 0 Å². The van der Waals surface area contributed by atoms with E-state index in [1.165, 1.54) is 0 Å². The van der Waals surface area contributed by atoms with E-state index in [-0.39, 0.29) is 6.10 Å². The lowest BCUT2D eigenvalue weighted by atomic mass is 9.90. The van der Waals surface area contributed by atoms with E-state index in [1.54, 1.807) is 0 Å². The molecule has 1 saturated carbocycles. The average molecular weight is 116 g/mol. The quantitative estimate of drug-likeness (QED) is 0.415. The topological polar surface area (TPSA) is 44.3 Å². The molecule has 0 amide bonds. The molecule has 1 aliphatic carbocycles. The number of aliphatic hydroxyl groups excluding tert-OH is 1. The molecule has 0 aromatic carbocycles. The molecule has 1 aliphatic rings. The minimum atomic E-state index is -0.0548. The van der Waals surface area contributed by atoms with Gasteiger partial charge in [0, 0.05) is 6.04 Å². The Morgan fingerprint density at radius 1 is 1.50 bits per heavy atom. The van der Waals surface area contributed by atoms with Gasteiger partial charge in [-0.2, -0.15) is 0 Å². The van der Waals surface area contributed by atoms with Crippen LogP contribution >= 0.6 is 0 Å². The maximum atomic E-state index is 8.78. The lowest BCUT2D eigenvalue weighted by Crippen LogP contribution is -2.48. The van der Waals surface area contributed by atoms with Crippen LogP contribution in [0.15, 0.2) is 0 Å². The van der Waals surface area contributed by atoms with E-state index in [2.05, 4.69) is 10.9 Å². The summed E-state index contributed by atoms with van der Waals surface area (Å²) in [6.45, 7) is 0. The maximum Gasteiger partial charge on any atom is 0.0571 e. The summed E-state index contributed by atoms with van der Waals surface area (Å²) in [6, 6.07) is 0.495. The fourth-order valence-electron chi connectivity index (χ4n) is 0.910. The summed E-state index contributed by atoms with van der Waals surface area (Å²) in [5.41, 5.74) is 5.83. The molecule has 8 heavy (non-hydrogen) atoms. The molecule has 0 bridgehead atoms. The number of hydrogen-bond donors (Lipinski definition) is 3. The molecule has 0 aromatic heterocycles. The highest BCUT2D eigenvalue weighted by Crippen LogP contribution is 2.17. The molecule has 0 radical (unpaired) electrons. The smallest absolute Gasteiger partial charge is 0.0571 e. The number of rotatable bonds is 2. The Hall–Kier alpha value is -0.120. The third-order valence-electron chi connectivity index (χ3n) is 1.46. The van der Waals surface area contributed by atoms with Crippen LogP contribution in [0.25, 0.3) is 0 Å². The molecular formula is C5H12N2O. The molecule has 3 N–H and O–H groups in total. The molecule has 0 atom stereocenters. The average Bonchev–Trinajstić information content (AvgIpc) is 1.64. The van der Waals surface area contributed by atoms with Crippen LogP contribution in [0.4, 0.5) is 0 Å². The Morgan fingerprint density at radius 3 is 2.50 bits per heavy atom. The highest BCUT2D eigenvalue weighted by Gasteiger charge is 2.25. The lowest BCUT2D eigenvalue weighted by Gasteiger charge is -2.31. The van der Waals surface area contributed by atoms with Gasteiger partial charge in [-0.1, -0.05) is 0 Å². The summed E-state index contributed by atoms with van der Waals surface area (Å²) in [6.07, 6.45) is 1.72. The second kappa shape index (κ2) is 2.44. The Morgan fingerprint density at radius 2 is 2.12 bits per heavy atom. The van der Waals surface area contributed by atoms with Crippen LogP contribution in [0.1, 0.15) is 12.8 Å². The number of hydrogen-bond acceptors (Lipinski definition) is 3. The van der Waals surface area contributed by atoms with E-state index in [4.69, 9.17) is 5.11 Å². The van der Waals surface area contributed by atoms with E-state index >= 15 is 0 Å². The van der Waals surface area contributed by atoms with Crippen molar-refractivity contribution in [1.82, 2.24) is 10.9 Å². The van der Waals surface area contributed by atoms with Crippen molar-refractivity contribution in [1.29, 1.82) is 0 Å². The SMILES string of the molecule is CNNC1CC(O)C1. The van der Waals surface area contributed by atoms with Gasteiger partial charge in [0.15, 0.2) is 0 Å². The molecule has 0 saturated heterocycles. The Labute approximate surface area is 49.1 Å². The first-order valence-electron chi connectivity index (χ1n) is 2.93. The Balaban J connectivity index is 1.98. The summed E-state index contributed by atoms with van der Waals surface area (Å²) in [4.78, 5) is 0. The lowest BCUT2D eigenvalue weighted by molar-refractivity contribution is 0.0580. The van der Waals surface area contributed by atoms with Crippen molar-refractivity contribution >= 4 is 0 Å². The zero-order valence-electron chi connectivity index (χ0n) is 5.02. The predicted molar refractivity (Wildman–Crippen MR) is 31.2 cm³/mol. The summed E-state index contributed by atoms with van der Waals surface area (Å²) in [5.74, 6) is 0. The van der Waals surface area contributed by atoms with Crippen LogP contribution in [0.3, 0.4) is 0 Å². The van der Waals surface area contributed by atoms with Gasteiger partial charge in [-0.15, -0.1) is 0 Å². The molecular weight excluding hydrogens is 104 g/mol. The van der Waals surface area contributed by atoms with E-state index in [1.807, 2.05) is 7.05 Å². The van der Waals surface area contributed by atoms with Gasteiger partial charge in [0.25, 0.3) is 0 Å². The number of hydrazine groups is 1. The second-order valence-corrected chi connectivity index (χ2v) is 2.22. The van der Waals surface area contributed by atoms with Crippen LogP contribution in [0.2, 0.25) is 0 Å². The molecule has 0 spiro atoms. The minimum Gasteiger partial charge on any atom is -0.393 e. The molecule has 1 fully saturated rings. The molecule has 1 rings (SSSR count). The summed E-state index contributed by atoms with van der Waals surface area (Å²) < 4.78 is 0. The Bertz CT molecular complexity index is 68.1. The van der Waals surface area contributed by atoms with Gasteiger partial charge >= 0.3 is 0 Å². The minimum absolute atomic E-state index is 0.0548. The van der Waals surface area contributed by atoms with Crippen LogP contribution in [-0.4, -0.2) is 24.3 Å². The van der Waals surface area contributed by atoms with E-state index in [0.717, 1.165) is 12.8 Å². The van der Waals surface area contributed by atoms with Crippen LogP contribution in [0.5, 0.6) is 0 Å². The van der Waals surface area contributed by atoms with Crippen molar-refractivity contribution in [2.75, 3.05) is 7.05 Å². The van der Waals surface area contributed by atoms with E-state index in [0.29, 0.717) is 6.04 Å². The number of aliphatic hydroxyl groups is 1. The van der Waals surface area contributed by atoms with Gasteiger partial charge in [-0.3, -0.25) is 10.9 Å². The molecule has 48 valence electrons. The van der Waals surface area contributed by atoms with Gasteiger partial charge in [-0.25, -0.2) is 0 Å². The third-order valence-corrected chi connectivity index (χ3v) is 1.46. The fraction of sp³-hybridized carbons (Fsp3) is 1.00. The zero-order chi connectivity index (χ0) is 5.98. The van der Waals surface area contributed by atoms with Gasteiger partial charge < -0.3 is 5.11 Å². The maximum absolute atomic E-state index is 8.78. The first kappa shape index (κ1) is 6.01. The van der Waals surface area contributed by atoms with E-state index < -0.39 is 0 Å². The van der Waals surface area contributed by atoms with Crippen molar-refractivity contribution < 1.29 is 5.11 Å². The first-order chi connectivity index (χ1) is 3.83. The molecule has 0 unspecified atom stereocenters. The van der Waals surface area contributed by atoms with Crippen LogP contribution in [0, 0.1) is 0 Å². The van der Waals surface area contributed by atoms with Crippen LogP contribution in [-0.2, 0) is 0 Å². The molecule has 0 aliphatic heterocycles. The number of nitrogens with one attached hydrogen (secondary N) is 2. The highest BCUT2D eigenvalue weighted by atomic mass is 16.3. The molecule has 3 nitrogen and oxygen atoms in total. The standard InChI is InChI=1S/C5H12N2O/c1-6-7-4-2-5(8)3-4/h4-8H,2-3H2,1H3. The van der Waals surface area contributed by atoms with Crippen molar-refractivity contribution in [2.45, 2.75) is 25.0 Å². The van der Waals surface area contributed by atoms with Gasteiger partial charge in [0.1, 0.15) is 0 Å². The van der Waals surface area contributed by atoms with Crippen molar-refractivity contribution in [3.05, 3.63) is 0 Å². The largest absolute Gasteiger partial charge is 0.393 e. The van der Waals surface area contributed by atoms with Gasteiger partial charge in [0.2, 0.25) is 0 Å². The van der Waals surface area contributed by atoms with E-state index in [9.17, 15) is 0 Å². The second-order valence-electron chi connectivity index (χ2n) is 2.22. The third kappa shape index (κ3) is 1.18. The van der Waals surface area contributed by atoms with Gasteiger partial charge in [-0.05, 0) is 19.9 Å². The summed E-state index contributed by atoms with van der Waals surface area (Å²) in [7, 11) is 1.84. The Kier molecular flexibility index (Phi) is 1.83. The zero-order valence-corrected chi connectivity index (χ0v) is 5.02.